The van der Waals surface area contributed by atoms with Gasteiger partial charge in [-0.2, -0.15) is 4.31 Å². The average molecular weight is 351 g/mol. The number of hydrogen-bond donors (Lipinski definition) is 1. The number of benzene rings is 1. The Balaban J connectivity index is 1.60. The summed E-state index contributed by atoms with van der Waals surface area (Å²) in [4.78, 5) is 14.7. The predicted octanol–water partition coefficient (Wildman–Crippen LogP) is 1.04. The fourth-order valence-corrected chi connectivity index (χ4v) is 5.04. The average Bonchev–Trinajstić information content (AvgIpc) is 2.62. The highest BCUT2D eigenvalue weighted by Gasteiger charge is 2.33. The zero-order valence-electron chi connectivity index (χ0n) is 13.8. The lowest BCUT2D eigenvalue weighted by Crippen LogP contribution is -2.52. The number of carbonyl (C=O) groups is 1. The Kier molecular flexibility index (Phi) is 5.22. The van der Waals surface area contributed by atoms with Gasteiger partial charge >= 0.3 is 0 Å². The number of sulfonamides is 1. The Bertz CT molecular complexity index is 670. The van der Waals surface area contributed by atoms with Gasteiger partial charge in [0.25, 0.3) is 0 Å². The van der Waals surface area contributed by atoms with E-state index in [1.807, 2.05) is 0 Å². The summed E-state index contributed by atoms with van der Waals surface area (Å²) < 4.78 is 26.7. The third-order valence-electron chi connectivity index (χ3n) is 5.00. The van der Waals surface area contributed by atoms with Gasteiger partial charge in [-0.1, -0.05) is 24.6 Å². The summed E-state index contributed by atoms with van der Waals surface area (Å²) in [6, 6.07) is 8.57. The van der Waals surface area contributed by atoms with Crippen molar-refractivity contribution in [1.29, 1.82) is 0 Å². The molecule has 2 unspecified atom stereocenters. The highest BCUT2D eigenvalue weighted by molar-refractivity contribution is 7.89. The van der Waals surface area contributed by atoms with Crippen LogP contribution < -0.4 is 5.73 Å². The maximum Gasteiger partial charge on any atom is 0.243 e. The van der Waals surface area contributed by atoms with Crippen LogP contribution >= 0.6 is 0 Å². The fourth-order valence-electron chi connectivity index (χ4n) is 3.60. The quantitative estimate of drug-likeness (QED) is 0.882. The highest BCUT2D eigenvalue weighted by atomic mass is 32.2. The molecule has 2 fully saturated rings. The number of nitrogens with two attached hydrogens (primary N) is 1. The van der Waals surface area contributed by atoms with Crippen molar-refractivity contribution in [2.24, 2.45) is 11.7 Å². The van der Waals surface area contributed by atoms with Crippen molar-refractivity contribution >= 4 is 15.9 Å². The predicted molar refractivity (Wildman–Crippen MR) is 91.7 cm³/mol. The standard InChI is InChI=1S/C17H25N3O3S/c18-15-6-4-5-14(13-15)17(21)19-9-11-20(12-10-19)24(22,23)16-7-2-1-3-8-16/h1-3,7-8,14-15H,4-6,9-13,18H2. The second kappa shape index (κ2) is 7.21. The van der Waals surface area contributed by atoms with Gasteiger partial charge < -0.3 is 10.6 Å². The number of nitrogens with zero attached hydrogens (tertiary/aromatic N) is 2. The van der Waals surface area contributed by atoms with Crippen molar-refractivity contribution in [3.05, 3.63) is 30.3 Å². The van der Waals surface area contributed by atoms with Crippen LogP contribution in [0.4, 0.5) is 0 Å². The van der Waals surface area contributed by atoms with Crippen LogP contribution in [0.3, 0.4) is 0 Å². The van der Waals surface area contributed by atoms with Crippen LogP contribution in [0.2, 0.25) is 0 Å². The molecule has 2 aliphatic rings. The molecule has 1 amide bonds. The maximum atomic E-state index is 12.6. The molecule has 7 heteroatoms. The Labute approximate surface area is 143 Å². The third-order valence-corrected chi connectivity index (χ3v) is 6.91. The molecule has 24 heavy (non-hydrogen) atoms. The molecule has 2 N–H and O–H groups in total. The lowest BCUT2D eigenvalue weighted by Gasteiger charge is -2.37. The Morgan fingerprint density at radius 3 is 2.33 bits per heavy atom. The molecule has 0 aromatic heterocycles. The van der Waals surface area contributed by atoms with E-state index < -0.39 is 10.0 Å². The van der Waals surface area contributed by atoms with Crippen molar-refractivity contribution in [1.82, 2.24) is 9.21 Å². The minimum atomic E-state index is -3.47. The molecule has 0 radical (unpaired) electrons. The summed E-state index contributed by atoms with van der Waals surface area (Å²) >= 11 is 0. The van der Waals surface area contributed by atoms with E-state index in [2.05, 4.69) is 0 Å². The third kappa shape index (κ3) is 3.63. The highest BCUT2D eigenvalue weighted by Crippen LogP contribution is 2.26. The molecular formula is C17H25N3O3S. The first-order chi connectivity index (χ1) is 11.5. The number of hydrogen-bond acceptors (Lipinski definition) is 4. The van der Waals surface area contributed by atoms with E-state index in [0.717, 1.165) is 25.7 Å². The molecule has 1 saturated heterocycles. The van der Waals surface area contributed by atoms with Crippen LogP contribution in [0.15, 0.2) is 35.2 Å². The summed E-state index contributed by atoms with van der Waals surface area (Å²) in [6.45, 7) is 1.61. The Morgan fingerprint density at radius 1 is 1.04 bits per heavy atom. The van der Waals surface area contributed by atoms with Gasteiger partial charge in [0.15, 0.2) is 0 Å². The van der Waals surface area contributed by atoms with E-state index in [-0.39, 0.29) is 17.9 Å². The normalized spacial score (nSPS) is 26.3. The van der Waals surface area contributed by atoms with Crippen molar-refractivity contribution < 1.29 is 13.2 Å². The van der Waals surface area contributed by atoms with Crippen molar-refractivity contribution in [2.45, 2.75) is 36.6 Å². The number of carbonyl (C=O) groups excluding carboxylic acids is 1. The zero-order valence-corrected chi connectivity index (χ0v) is 14.6. The van der Waals surface area contributed by atoms with Crippen LogP contribution in [0.5, 0.6) is 0 Å². The Morgan fingerprint density at radius 2 is 1.71 bits per heavy atom. The first-order valence-electron chi connectivity index (χ1n) is 8.58. The monoisotopic (exact) mass is 351 g/mol. The van der Waals surface area contributed by atoms with Gasteiger partial charge in [-0.3, -0.25) is 4.79 Å². The van der Waals surface area contributed by atoms with Gasteiger partial charge in [-0.05, 0) is 31.4 Å². The van der Waals surface area contributed by atoms with Gasteiger partial charge in [0.1, 0.15) is 0 Å². The maximum absolute atomic E-state index is 12.6. The first-order valence-corrected chi connectivity index (χ1v) is 10.0. The molecular weight excluding hydrogens is 326 g/mol. The second-order valence-electron chi connectivity index (χ2n) is 6.67. The number of amides is 1. The molecule has 6 nitrogen and oxygen atoms in total. The molecule has 132 valence electrons. The van der Waals surface area contributed by atoms with E-state index in [0.29, 0.717) is 31.1 Å². The van der Waals surface area contributed by atoms with Crippen LogP contribution in [0.1, 0.15) is 25.7 Å². The van der Waals surface area contributed by atoms with Crippen molar-refractivity contribution in [3.8, 4) is 0 Å². The van der Waals surface area contributed by atoms with E-state index in [1.165, 1.54) is 4.31 Å². The number of piperazine rings is 1. The van der Waals surface area contributed by atoms with E-state index in [1.54, 1.807) is 35.2 Å². The second-order valence-corrected chi connectivity index (χ2v) is 8.60. The minimum Gasteiger partial charge on any atom is -0.340 e. The molecule has 1 aromatic carbocycles. The van der Waals surface area contributed by atoms with Crippen LogP contribution in [-0.4, -0.2) is 55.8 Å². The van der Waals surface area contributed by atoms with Gasteiger partial charge in [-0.25, -0.2) is 8.42 Å². The zero-order chi connectivity index (χ0) is 17.2. The molecule has 1 aliphatic heterocycles. The Hall–Kier alpha value is -1.44. The first kappa shape index (κ1) is 17.4. The van der Waals surface area contributed by atoms with Gasteiger partial charge in [0.05, 0.1) is 4.90 Å². The largest absolute Gasteiger partial charge is 0.340 e. The summed E-state index contributed by atoms with van der Waals surface area (Å²) in [6.07, 6.45) is 3.64. The molecule has 1 heterocycles. The van der Waals surface area contributed by atoms with Gasteiger partial charge in [0, 0.05) is 38.1 Å². The van der Waals surface area contributed by atoms with Crippen molar-refractivity contribution in [3.63, 3.8) is 0 Å². The summed E-state index contributed by atoms with van der Waals surface area (Å²) in [5.74, 6) is 0.146. The topological polar surface area (TPSA) is 83.7 Å². The smallest absolute Gasteiger partial charge is 0.243 e. The molecule has 3 rings (SSSR count). The molecule has 2 atom stereocenters. The summed E-state index contributed by atoms with van der Waals surface area (Å²) in [5, 5.41) is 0. The SMILES string of the molecule is NC1CCCC(C(=O)N2CCN(S(=O)(=O)c3ccccc3)CC2)C1. The molecule has 0 spiro atoms. The van der Waals surface area contributed by atoms with Crippen molar-refractivity contribution in [2.75, 3.05) is 26.2 Å². The van der Waals surface area contributed by atoms with Crippen LogP contribution in [-0.2, 0) is 14.8 Å². The molecule has 1 aliphatic carbocycles. The molecule has 1 saturated carbocycles. The molecule has 1 aromatic rings. The molecule has 0 bridgehead atoms. The summed E-state index contributed by atoms with van der Waals surface area (Å²) in [7, 11) is -3.47. The lowest BCUT2D eigenvalue weighted by atomic mass is 9.85. The number of rotatable bonds is 3. The van der Waals surface area contributed by atoms with Gasteiger partial charge in [-0.15, -0.1) is 0 Å². The lowest BCUT2D eigenvalue weighted by molar-refractivity contribution is -0.137. The van der Waals surface area contributed by atoms with E-state index in [9.17, 15) is 13.2 Å². The van der Waals surface area contributed by atoms with Crippen LogP contribution in [0, 0.1) is 5.92 Å². The van der Waals surface area contributed by atoms with E-state index >= 15 is 0 Å². The summed E-state index contributed by atoms with van der Waals surface area (Å²) in [5.41, 5.74) is 5.98. The fraction of sp³-hybridized carbons (Fsp3) is 0.588. The van der Waals surface area contributed by atoms with Crippen LogP contribution in [0.25, 0.3) is 0 Å². The van der Waals surface area contributed by atoms with Gasteiger partial charge in [0.2, 0.25) is 15.9 Å². The van der Waals surface area contributed by atoms with E-state index in [4.69, 9.17) is 5.73 Å². The minimum absolute atomic E-state index is 0.00558.